The molecule has 2 aromatic rings. The van der Waals surface area contributed by atoms with Gasteiger partial charge in [0.25, 0.3) is 0 Å². The quantitative estimate of drug-likeness (QED) is 0.942. The molecule has 0 aliphatic carbocycles. The van der Waals surface area contributed by atoms with E-state index in [1.54, 1.807) is 6.20 Å². The average Bonchev–Trinajstić information content (AvgIpc) is 2.57. The van der Waals surface area contributed by atoms with Crippen molar-refractivity contribution >= 4 is 17.4 Å². The molecule has 0 bridgehead atoms. The number of piperazine rings is 1. The minimum atomic E-state index is -0.0749. The van der Waals surface area contributed by atoms with E-state index in [0.29, 0.717) is 0 Å². The highest BCUT2D eigenvalue weighted by atomic mass is 16.1. The largest absolute Gasteiger partial charge is 0.354 e. The van der Waals surface area contributed by atoms with Gasteiger partial charge >= 0.3 is 0 Å². The van der Waals surface area contributed by atoms with E-state index < -0.39 is 0 Å². The maximum atomic E-state index is 11.0. The van der Waals surface area contributed by atoms with Gasteiger partial charge in [-0.05, 0) is 17.7 Å². The second-order valence-electron chi connectivity index (χ2n) is 5.84. The SMILES string of the molecule is CC(=O)Nc1ccc(N2CCN(Cc3ccccc3)CC2)nc1. The molecule has 1 aliphatic heterocycles. The molecule has 120 valence electrons. The Morgan fingerprint density at radius 1 is 1.09 bits per heavy atom. The summed E-state index contributed by atoms with van der Waals surface area (Å²) in [6.07, 6.45) is 1.72. The molecule has 1 saturated heterocycles. The normalized spacial score (nSPS) is 15.4. The maximum absolute atomic E-state index is 11.0. The van der Waals surface area contributed by atoms with Gasteiger partial charge in [0.2, 0.25) is 5.91 Å². The Balaban J connectivity index is 1.53. The van der Waals surface area contributed by atoms with E-state index in [0.717, 1.165) is 44.2 Å². The third kappa shape index (κ3) is 4.29. The fraction of sp³-hybridized carbons (Fsp3) is 0.333. The molecule has 0 spiro atoms. The molecule has 1 amide bonds. The van der Waals surface area contributed by atoms with Crippen molar-refractivity contribution in [3.63, 3.8) is 0 Å². The Morgan fingerprint density at radius 3 is 2.43 bits per heavy atom. The highest BCUT2D eigenvalue weighted by Crippen LogP contribution is 2.17. The van der Waals surface area contributed by atoms with E-state index in [1.807, 2.05) is 12.1 Å². The van der Waals surface area contributed by atoms with Crippen LogP contribution in [-0.2, 0) is 11.3 Å². The maximum Gasteiger partial charge on any atom is 0.221 e. The van der Waals surface area contributed by atoms with Crippen molar-refractivity contribution in [2.24, 2.45) is 0 Å². The highest BCUT2D eigenvalue weighted by Gasteiger charge is 2.18. The van der Waals surface area contributed by atoms with Crippen LogP contribution < -0.4 is 10.2 Å². The van der Waals surface area contributed by atoms with Gasteiger partial charge in [-0.25, -0.2) is 4.98 Å². The summed E-state index contributed by atoms with van der Waals surface area (Å²) < 4.78 is 0. The molecule has 0 unspecified atom stereocenters. The Hall–Kier alpha value is -2.40. The van der Waals surface area contributed by atoms with Gasteiger partial charge in [-0.3, -0.25) is 9.69 Å². The van der Waals surface area contributed by atoms with Crippen LogP contribution in [0.15, 0.2) is 48.7 Å². The first-order chi connectivity index (χ1) is 11.2. The number of carbonyl (C=O) groups excluding carboxylic acids is 1. The zero-order valence-electron chi connectivity index (χ0n) is 13.4. The number of aromatic nitrogens is 1. The van der Waals surface area contributed by atoms with Gasteiger partial charge in [-0.15, -0.1) is 0 Å². The fourth-order valence-corrected chi connectivity index (χ4v) is 2.83. The molecular weight excluding hydrogens is 288 g/mol. The lowest BCUT2D eigenvalue weighted by Gasteiger charge is -2.35. The molecule has 5 nitrogen and oxygen atoms in total. The van der Waals surface area contributed by atoms with Gasteiger partial charge in [0, 0.05) is 39.6 Å². The van der Waals surface area contributed by atoms with Crippen molar-refractivity contribution in [1.82, 2.24) is 9.88 Å². The summed E-state index contributed by atoms with van der Waals surface area (Å²) in [6, 6.07) is 14.5. The Kier molecular flexibility index (Phi) is 4.88. The molecule has 1 aromatic carbocycles. The third-order valence-electron chi connectivity index (χ3n) is 4.01. The summed E-state index contributed by atoms with van der Waals surface area (Å²) >= 11 is 0. The molecule has 5 heteroatoms. The first kappa shape index (κ1) is 15.5. The number of carbonyl (C=O) groups is 1. The number of anilines is 2. The van der Waals surface area contributed by atoms with E-state index >= 15 is 0 Å². The van der Waals surface area contributed by atoms with Gasteiger partial charge in [0.05, 0.1) is 11.9 Å². The third-order valence-corrected chi connectivity index (χ3v) is 4.01. The van der Waals surface area contributed by atoms with Gasteiger partial charge in [0.15, 0.2) is 0 Å². The van der Waals surface area contributed by atoms with E-state index in [4.69, 9.17) is 0 Å². The van der Waals surface area contributed by atoms with Crippen LogP contribution in [-0.4, -0.2) is 42.0 Å². The highest BCUT2D eigenvalue weighted by molar-refractivity contribution is 5.88. The average molecular weight is 310 g/mol. The molecule has 1 fully saturated rings. The van der Waals surface area contributed by atoms with Crippen LogP contribution >= 0.6 is 0 Å². The lowest BCUT2D eigenvalue weighted by molar-refractivity contribution is -0.114. The topological polar surface area (TPSA) is 48.5 Å². The van der Waals surface area contributed by atoms with Crippen molar-refractivity contribution in [2.75, 3.05) is 36.4 Å². The second kappa shape index (κ2) is 7.24. The Bertz CT molecular complexity index is 634. The van der Waals surface area contributed by atoms with Crippen LogP contribution in [0.1, 0.15) is 12.5 Å². The van der Waals surface area contributed by atoms with Crippen LogP contribution in [0, 0.1) is 0 Å². The predicted molar refractivity (Wildman–Crippen MR) is 92.5 cm³/mol. The van der Waals surface area contributed by atoms with E-state index in [9.17, 15) is 4.79 Å². The summed E-state index contributed by atoms with van der Waals surface area (Å²) in [4.78, 5) is 20.2. The van der Waals surface area contributed by atoms with Crippen molar-refractivity contribution < 1.29 is 4.79 Å². The fourth-order valence-electron chi connectivity index (χ4n) is 2.83. The lowest BCUT2D eigenvalue weighted by atomic mass is 10.2. The van der Waals surface area contributed by atoms with E-state index in [2.05, 4.69) is 50.4 Å². The number of pyridine rings is 1. The van der Waals surface area contributed by atoms with Crippen molar-refractivity contribution in [3.05, 3.63) is 54.2 Å². The van der Waals surface area contributed by atoms with Crippen LogP contribution in [0.4, 0.5) is 11.5 Å². The van der Waals surface area contributed by atoms with Gasteiger partial charge < -0.3 is 10.2 Å². The number of nitrogens with zero attached hydrogens (tertiary/aromatic N) is 3. The number of hydrogen-bond donors (Lipinski definition) is 1. The summed E-state index contributed by atoms with van der Waals surface area (Å²) in [5, 5.41) is 2.74. The van der Waals surface area contributed by atoms with Crippen LogP contribution in [0.5, 0.6) is 0 Å². The van der Waals surface area contributed by atoms with Crippen LogP contribution in [0.2, 0.25) is 0 Å². The molecular formula is C18H22N4O. The van der Waals surface area contributed by atoms with Crippen molar-refractivity contribution in [1.29, 1.82) is 0 Å². The first-order valence-electron chi connectivity index (χ1n) is 7.95. The number of rotatable bonds is 4. The molecule has 0 radical (unpaired) electrons. The zero-order chi connectivity index (χ0) is 16.1. The predicted octanol–water partition coefficient (Wildman–Crippen LogP) is 2.36. The molecule has 1 aromatic heterocycles. The van der Waals surface area contributed by atoms with Gasteiger partial charge in [0.1, 0.15) is 5.82 Å². The van der Waals surface area contributed by atoms with Crippen molar-refractivity contribution in [3.8, 4) is 0 Å². The Morgan fingerprint density at radius 2 is 1.83 bits per heavy atom. The minimum absolute atomic E-state index is 0.0749. The molecule has 3 rings (SSSR count). The Labute approximate surface area is 136 Å². The molecule has 1 aliphatic rings. The first-order valence-corrected chi connectivity index (χ1v) is 7.95. The molecule has 0 atom stereocenters. The van der Waals surface area contributed by atoms with E-state index in [1.165, 1.54) is 12.5 Å². The summed E-state index contributed by atoms with van der Waals surface area (Å²) in [5.74, 6) is 0.896. The van der Waals surface area contributed by atoms with E-state index in [-0.39, 0.29) is 5.91 Å². The van der Waals surface area contributed by atoms with Gasteiger partial charge in [-0.1, -0.05) is 30.3 Å². The monoisotopic (exact) mass is 310 g/mol. The molecule has 1 N–H and O–H groups in total. The molecule has 0 saturated carbocycles. The summed E-state index contributed by atoms with van der Waals surface area (Å²) in [6.45, 7) is 6.51. The number of nitrogens with one attached hydrogen (secondary N) is 1. The minimum Gasteiger partial charge on any atom is -0.354 e. The zero-order valence-corrected chi connectivity index (χ0v) is 13.4. The lowest BCUT2D eigenvalue weighted by Crippen LogP contribution is -2.46. The number of benzene rings is 1. The van der Waals surface area contributed by atoms with Crippen molar-refractivity contribution in [2.45, 2.75) is 13.5 Å². The van der Waals surface area contributed by atoms with Gasteiger partial charge in [-0.2, -0.15) is 0 Å². The summed E-state index contributed by atoms with van der Waals surface area (Å²) in [5.41, 5.74) is 2.10. The number of hydrogen-bond acceptors (Lipinski definition) is 4. The standard InChI is InChI=1S/C18H22N4O/c1-15(23)20-17-7-8-18(19-13-17)22-11-9-21(10-12-22)14-16-5-3-2-4-6-16/h2-8,13H,9-12,14H2,1H3,(H,20,23). The molecule has 23 heavy (non-hydrogen) atoms. The second-order valence-corrected chi connectivity index (χ2v) is 5.84. The summed E-state index contributed by atoms with van der Waals surface area (Å²) in [7, 11) is 0. The number of amides is 1. The smallest absolute Gasteiger partial charge is 0.221 e. The van der Waals surface area contributed by atoms with Crippen LogP contribution in [0.3, 0.4) is 0 Å². The van der Waals surface area contributed by atoms with Crippen LogP contribution in [0.25, 0.3) is 0 Å². The molecule has 2 heterocycles.